The van der Waals surface area contributed by atoms with Gasteiger partial charge < -0.3 is 25.2 Å². The fourth-order valence-electron chi connectivity index (χ4n) is 5.55. The number of nitrogens with one attached hydrogen (secondary N) is 2. The van der Waals surface area contributed by atoms with Crippen molar-refractivity contribution < 1.29 is 19.2 Å². The summed E-state index contributed by atoms with van der Waals surface area (Å²) >= 11 is 0. The Morgan fingerprint density at radius 1 is 1.00 bits per heavy atom. The molecule has 0 aliphatic carbocycles. The molecule has 216 valence electrons. The maximum Gasteiger partial charge on any atom is 0.251 e. The average Bonchev–Trinajstić information content (AvgIpc) is 3.37. The van der Waals surface area contributed by atoms with Gasteiger partial charge in [-0.15, -0.1) is 0 Å². The van der Waals surface area contributed by atoms with Crippen LogP contribution < -0.4 is 10.6 Å². The van der Waals surface area contributed by atoms with E-state index in [1.54, 1.807) is 29.0 Å². The van der Waals surface area contributed by atoms with E-state index in [-0.39, 0.29) is 29.8 Å². The molecule has 3 aromatic rings. The molecule has 0 spiro atoms. The highest BCUT2D eigenvalue weighted by atomic mass is 16.2. The first kappa shape index (κ1) is 29.9. The summed E-state index contributed by atoms with van der Waals surface area (Å²) in [6, 6.07) is 20.4. The molecule has 0 radical (unpaired) electrons. The number of aldehydes is 1. The van der Waals surface area contributed by atoms with Crippen molar-refractivity contribution in [3.63, 3.8) is 0 Å². The van der Waals surface area contributed by atoms with Crippen LogP contribution in [0.5, 0.6) is 0 Å². The molecule has 3 atom stereocenters. The Hall–Kier alpha value is -4.04. The van der Waals surface area contributed by atoms with Crippen molar-refractivity contribution in [2.45, 2.75) is 58.3 Å². The zero-order valence-corrected chi connectivity index (χ0v) is 24.3. The number of carbonyl (C=O) groups excluding carboxylic acids is 4. The van der Waals surface area contributed by atoms with Crippen LogP contribution in [0.2, 0.25) is 0 Å². The predicted octanol–water partition coefficient (Wildman–Crippen LogP) is 3.57. The van der Waals surface area contributed by atoms with Crippen molar-refractivity contribution in [3.05, 3.63) is 83.4 Å². The van der Waals surface area contributed by atoms with Crippen LogP contribution in [0, 0.1) is 5.41 Å². The summed E-state index contributed by atoms with van der Waals surface area (Å²) in [5.41, 5.74) is 2.26. The minimum atomic E-state index is -0.572. The van der Waals surface area contributed by atoms with Gasteiger partial charge >= 0.3 is 0 Å². The molecule has 41 heavy (non-hydrogen) atoms. The van der Waals surface area contributed by atoms with E-state index in [1.807, 2.05) is 45.0 Å². The maximum absolute atomic E-state index is 13.2. The van der Waals surface area contributed by atoms with Crippen molar-refractivity contribution in [2.24, 2.45) is 5.41 Å². The minimum absolute atomic E-state index is 0.140. The van der Waals surface area contributed by atoms with Crippen LogP contribution in [-0.2, 0) is 27.3 Å². The van der Waals surface area contributed by atoms with Gasteiger partial charge in [0.25, 0.3) is 5.91 Å². The Morgan fingerprint density at radius 3 is 2.32 bits per heavy atom. The Kier molecular flexibility index (Phi) is 9.55. The summed E-state index contributed by atoms with van der Waals surface area (Å²) in [6.45, 7) is 7.23. The highest BCUT2D eigenvalue weighted by Gasteiger charge is 2.41. The van der Waals surface area contributed by atoms with Gasteiger partial charge in [-0.1, -0.05) is 75.4 Å². The maximum atomic E-state index is 13.2. The summed E-state index contributed by atoms with van der Waals surface area (Å²) in [4.78, 5) is 53.0. The Bertz CT molecular complexity index is 1380. The molecule has 3 aromatic carbocycles. The molecule has 0 aromatic heterocycles. The molecule has 0 bridgehead atoms. The van der Waals surface area contributed by atoms with Crippen molar-refractivity contribution in [2.75, 3.05) is 20.1 Å². The van der Waals surface area contributed by atoms with Crippen molar-refractivity contribution in [1.29, 1.82) is 0 Å². The number of fused-ring (bicyclic) bond motifs is 1. The molecule has 8 heteroatoms. The Balaban J connectivity index is 1.31. The summed E-state index contributed by atoms with van der Waals surface area (Å²) in [5, 5.41) is 8.43. The number of likely N-dealkylation sites (tertiary alicyclic amines) is 1. The quantitative estimate of drug-likeness (QED) is 0.352. The van der Waals surface area contributed by atoms with Crippen LogP contribution in [0.3, 0.4) is 0 Å². The third-order valence-electron chi connectivity index (χ3n) is 7.77. The first-order valence-corrected chi connectivity index (χ1v) is 14.1. The lowest BCUT2D eigenvalue weighted by atomic mass is 9.86. The van der Waals surface area contributed by atoms with Crippen LogP contribution in [0.25, 0.3) is 10.8 Å². The predicted molar refractivity (Wildman–Crippen MR) is 160 cm³/mol. The normalized spacial score (nSPS) is 17.7. The first-order chi connectivity index (χ1) is 19.6. The lowest BCUT2D eigenvalue weighted by molar-refractivity contribution is -0.138. The second-order valence-corrected chi connectivity index (χ2v) is 11.9. The molecule has 8 nitrogen and oxygen atoms in total. The van der Waals surface area contributed by atoms with Gasteiger partial charge in [0.15, 0.2) is 0 Å². The summed E-state index contributed by atoms with van der Waals surface area (Å²) in [6.07, 6.45) is 2.77. The van der Waals surface area contributed by atoms with Gasteiger partial charge in [0.2, 0.25) is 12.3 Å². The molecule has 2 N–H and O–H groups in total. The Labute approximate surface area is 242 Å². The van der Waals surface area contributed by atoms with Crippen LogP contribution in [0.15, 0.2) is 66.7 Å². The number of hydrogen-bond donors (Lipinski definition) is 2. The van der Waals surface area contributed by atoms with Crippen molar-refractivity contribution in [3.8, 4) is 0 Å². The van der Waals surface area contributed by atoms with Crippen LogP contribution in [0.1, 0.15) is 48.7 Å². The van der Waals surface area contributed by atoms with Gasteiger partial charge in [0.1, 0.15) is 6.29 Å². The van der Waals surface area contributed by atoms with E-state index in [4.69, 9.17) is 0 Å². The molecular weight excluding hydrogens is 516 g/mol. The molecule has 3 amide bonds. The highest BCUT2D eigenvalue weighted by molar-refractivity contribution is 5.94. The second-order valence-electron chi connectivity index (χ2n) is 11.9. The summed E-state index contributed by atoms with van der Waals surface area (Å²) in [5.74, 6) is -0.399. The minimum Gasteiger partial charge on any atom is -0.347 e. The number of benzene rings is 3. The van der Waals surface area contributed by atoms with Gasteiger partial charge in [-0.05, 0) is 59.3 Å². The lowest BCUT2D eigenvalue weighted by Gasteiger charge is -2.34. The molecule has 1 aliphatic heterocycles. The third-order valence-corrected chi connectivity index (χ3v) is 7.77. The van der Waals surface area contributed by atoms with Crippen LogP contribution >= 0.6 is 0 Å². The van der Waals surface area contributed by atoms with E-state index in [9.17, 15) is 19.2 Å². The number of carbonyl (C=O) groups is 4. The van der Waals surface area contributed by atoms with Gasteiger partial charge in [-0.2, -0.15) is 0 Å². The molecule has 1 saturated heterocycles. The van der Waals surface area contributed by atoms with Crippen LogP contribution in [-0.4, -0.2) is 72.6 Å². The van der Waals surface area contributed by atoms with E-state index in [0.717, 1.165) is 24.7 Å². The molecule has 4 rings (SSSR count). The van der Waals surface area contributed by atoms with E-state index in [0.29, 0.717) is 25.1 Å². The topological polar surface area (TPSA) is 98.8 Å². The third kappa shape index (κ3) is 7.38. The number of hydrogen-bond acceptors (Lipinski definition) is 5. The average molecular weight is 557 g/mol. The fourth-order valence-corrected chi connectivity index (χ4v) is 5.55. The van der Waals surface area contributed by atoms with E-state index in [2.05, 4.69) is 41.0 Å². The van der Waals surface area contributed by atoms with Crippen LogP contribution in [0.4, 0.5) is 0 Å². The van der Waals surface area contributed by atoms with Crippen molar-refractivity contribution >= 4 is 35.3 Å². The molecule has 3 unspecified atom stereocenters. The SMILES string of the molecule is CNC(C(=O)N1CC(NC(=O)c2ccc(CN(C=O)CCc3ccc4ccccc4c3)cc2)CC1C=O)C(C)(C)C. The zero-order valence-electron chi connectivity index (χ0n) is 24.3. The summed E-state index contributed by atoms with van der Waals surface area (Å²) in [7, 11) is 1.74. The van der Waals surface area contributed by atoms with Gasteiger partial charge in [0.05, 0.1) is 12.1 Å². The largest absolute Gasteiger partial charge is 0.347 e. The number of likely N-dealkylation sites (N-methyl/N-ethyl adjacent to an activating group) is 1. The molecule has 1 aliphatic rings. The van der Waals surface area contributed by atoms with Gasteiger partial charge in [-0.3, -0.25) is 14.4 Å². The van der Waals surface area contributed by atoms with Crippen molar-refractivity contribution in [1.82, 2.24) is 20.4 Å². The molecule has 0 saturated carbocycles. The molecule has 1 heterocycles. The smallest absolute Gasteiger partial charge is 0.251 e. The molecule has 1 fully saturated rings. The number of amides is 3. The number of nitrogens with zero attached hydrogens (tertiary/aromatic N) is 2. The Morgan fingerprint density at radius 2 is 1.68 bits per heavy atom. The van der Waals surface area contributed by atoms with E-state index < -0.39 is 12.1 Å². The fraction of sp³-hybridized carbons (Fsp3) is 0.394. The highest BCUT2D eigenvalue weighted by Crippen LogP contribution is 2.25. The zero-order chi connectivity index (χ0) is 29.6. The molecular formula is C33H40N4O4. The summed E-state index contributed by atoms with van der Waals surface area (Å²) < 4.78 is 0. The lowest BCUT2D eigenvalue weighted by Crippen LogP contribution is -2.53. The second kappa shape index (κ2) is 13.1. The monoisotopic (exact) mass is 556 g/mol. The van der Waals surface area contributed by atoms with Gasteiger partial charge in [0, 0.05) is 31.2 Å². The first-order valence-electron chi connectivity index (χ1n) is 14.1. The van der Waals surface area contributed by atoms with E-state index >= 15 is 0 Å². The van der Waals surface area contributed by atoms with Gasteiger partial charge in [-0.25, -0.2) is 0 Å². The van der Waals surface area contributed by atoms with E-state index in [1.165, 1.54) is 16.3 Å². The standard InChI is InChI=1S/C33H40N4O4/c1-33(2,3)30(34-4)32(41)37-20-28(18-29(37)21-38)35-31(40)26-13-10-24(11-14-26)19-36(22-39)16-15-23-9-12-25-7-5-6-8-27(25)17-23/h5-14,17,21-22,28-30,34H,15-16,18-20H2,1-4H3,(H,35,40). The number of rotatable bonds is 11.